The van der Waals surface area contributed by atoms with Crippen LogP contribution in [0.15, 0.2) is 47.3 Å². The molecule has 1 aliphatic rings. The van der Waals surface area contributed by atoms with Crippen LogP contribution in [-0.4, -0.2) is 24.6 Å². The largest absolute Gasteiger partial charge is 0.380 e. The Bertz CT molecular complexity index is 1110. The van der Waals surface area contributed by atoms with Gasteiger partial charge in [-0.05, 0) is 47.1 Å². The van der Waals surface area contributed by atoms with Crippen LogP contribution in [0.25, 0.3) is 22.0 Å². The molecule has 1 aliphatic heterocycles. The molecule has 5 nitrogen and oxygen atoms in total. The van der Waals surface area contributed by atoms with Crippen LogP contribution >= 0.6 is 0 Å². The average Bonchev–Trinajstić information content (AvgIpc) is 2.73. The first kappa shape index (κ1) is 18.4. The van der Waals surface area contributed by atoms with Crippen LogP contribution in [0, 0.1) is 0 Å². The molecule has 4 rings (SSSR count). The summed E-state index contributed by atoms with van der Waals surface area (Å²) in [7, 11) is 3.33. The van der Waals surface area contributed by atoms with E-state index in [0.29, 0.717) is 26.0 Å². The van der Waals surface area contributed by atoms with E-state index in [0.717, 1.165) is 39.6 Å². The van der Waals surface area contributed by atoms with Crippen LogP contribution in [-0.2, 0) is 35.5 Å². The minimum atomic E-state index is -0.00167. The number of carbonyl (C=O) groups is 1. The van der Waals surface area contributed by atoms with E-state index >= 15 is 0 Å². The topological polar surface area (TPSA) is 60.3 Å². The van der Waals surface area contributed by atoms with Crippen molar-refractivity contribution >= 4 is 16.7 Å². The normalized spacial score (nSPS) is 12.5. The molecule has 0 fully saturated rings. The van der Waals surface area contributed by atoms with Crippen LogP contribution < -0.4 is 10.9 Å². The number of benzene rings is 2. The third-order valence-corrected chi connectivity index (χ3v) is 5.51. The zero-order valence-corrected chi connectivity index (χ0v) is 16.2. The highest BCUT2D eigenvalue weighted by Gasteiger charge is 2.24. The molecule has 1 amide bonds. The summed E-state index contributed by atoms with van der Waals surface area (Å²) < 4.78 is 7.19. The fourth-order valence-electron chi connectivity index (χ4n) is 4.16. The predicted octanol–water partition coefficient (Wildman–Crippen LogP) is 3.05. The van der Waals surface area contributed by atoms with Crippen molar-refractivity contribution in [2.75, 3.05) is 14.2 Å². The van der Waals surface area contributed by atoms with Gasteiger partial charge in [-0.2, -0.15) is 0 Å². The molecule has 0 saturated carbocycles. The second kappa shape index (κ2) is 7.60. The number of aryl methyl sites for hydroxylation is 2. The van der Waals surface area contributed by atoms with E-state index in [2.05, 4.69) is 23.5 Å². The smallest absolute Gasteiger partial charge is 0.258 e. The highest BCUT2D eigenvalue weighted by atomic mass is 16.5. The number of hydrogen-bond acceptors (Lipinski definition) is 3. The molecule has 28 heavy (non-hydrogen) atoms. The number of nitrogens with zero attached hydrogens (tertiary/aromatic N) is 1. The fourth-order valence-corrected chi connectivity index (χ4v) is 4.16. The highest BCUT2D eigenvalue weighted by Crippen LogP contribution is 2.35. The molecule has 0 saturated heterocycles. The van der Waals surface area contributed by atoms with Crippen molar-refractivity contribution in [2.24, 2.45) is 0 Å². The van der Waals surface area contributed by atoms with E-state index in [9.17, 15) is 9.59 Å². The third kappa shape index (κ3) is 3.12. The highest BCUT2D eigenvalue weighted by molar-refractivity contribution is 5.91. The second-order valence-electron chi connectivity index (χ2n) is 7.18. The van der Waals surface area contributed by atoms with Crippen molar-refractivity contribution in [3.63, 3.8) is 0 Å². The number of carbonyl (C=O) groups excluding carboxylic acids is 1. The molecule has 1 aromatic heterocycles. The number of hydrogen-bond donors (Lipinski definition) is 1. The maximum Gasteiger partial charge on any atom is 0.258 e. The molecule has 0 atom stereocenters. The van der Waals surface area contributed by atoms with E-state index in [-0.39, 0.29) is 11.5 Å². The summed E-state index contributed by atoms with van der Waals surface area (Å²) >= 11 is 0. The molecular formula is C23H24N2O3. The number of aromatic nitrogens is 1. The maximum atomic E-state index is 13.2. The van der Waals surface area contributed by atoms with Gasteiger partial charge in [0.05, 0.1) is 12.3 Å². The lowest BCUT2D eigenvalue weighted by atomic mass is 9.89. The van der Waals surface area contributed by atoms with Crippen LogP contribution in [0.2, 0.25) is 0 Å². The molecule has 5 heteroatoms. The van der Waals surface area contributed by atoms with Gasteiger partial charge in [-0.3, -0.25) is 9.59 Å². The Morgan fingerprint density at radius 1 is 1.18 bits per heavy atom. The first-order chi connectivity index (χ1) is 13.6. The van der Waals surface area contributed by atoms with Crippen LogP contribution in [0.5, 0.6) is 0 Å². The Morgan fingerprint density at radius 2 is 1.96 bits per heavy atom. The van der Waals surface area contributed by atoms with Gasteiger partial charge in [0.15, 0.2) is 0 Å². The number of fused-ring (bicyclic) bond motifs is 4. The minimum Gasteiger partial charge on any atom is -0.380 e. The summed E-state index contributed by atoms with van der Waals surface area (Å²) in [5, 5.41) is 4.35. The molecule has 3 aromatic rings. The Labute approximate surface area is 163 Å². The molecule has 0 aliphatic carbocycles. The van der Waals surface area contributed by atoms with Gasteiger partial charge in [0.25, 0.3) is 5.56 Å². The zero-order chi connectivity index (χ0) is 19.7. The standard InChI is InChI=1S/C23H24N2O3/c1-24-21(26)10-9-18-17-5-3-4-6-19(17)23(27)25-12-11-16-8-7-15(14-28-2)13-20(16)22(18)25/h3-8,13H,9-12,14H2,1-2H3,(H,24,26). The Hall–Kier alpha value is -2.92. The lowest BCUT2D eigenvalue weighted by molar-refractivity contribution is -0.120. The van der Waals surface area contributed by atoms with Crippen molar-refractivity contribution in [1.82, 2.24) is 9.88 Å². The number of methoxy groups -OCH3 is 1. The van der Waals surface area contributed by atoms with Gasteiger partial charge in [0.1, 0.15) is 0 Å². The molecule has 144 valence electrons. The van der Waals surface area contributed by atoms with Gasteiger partial charge >= 0.3 is 0 Å². The van der Waals surface area contributed by atoms with Crippen LogP contribution in [0.1, 0.15) is 23.1 Å². The number of ether oxygens (including phenoxy) is 1. The second-order valence-corrected chi connectivity index (χ2v) is 7.18. The molecule has 1 N–H and O–H groups in total. The summed E-state index contributed by atoms with van der Waals surface area (Å²) in [6, 6.07) is 14.1. The quantitative estimate of drug-likeness (QED) is 0.745. The molecule has 0 unspecified atom stereocenters. The lowest BCUT2D eigenvalue weighted by Gasteiger charge is -2.26. The molecule has 0 radical (unpaired) electrons. The minimum absolute atomic E-state index is 0.00167. The summed E-state index contributed by atoms with van der Waals surface area (Å²) in [6.45, 7) is 1.18. The first-order valence-corrected chi connectivity index (χ1v) is 9.60. The van der Waals surface area contributed by atoms with E-state index < -0.39 is 0 Å². The lowest BCUT2D eigenvalue weighted by Crippen LogP contribution is -2.28. The monoisotopic (exact) mass is 376 g/mol. The molecule has 0 bridgehead atoms. The van der Waals surface area contributed by atoms with Gasteiger partial charge < -0.3 is 14.6 Å². The van der Waals surface area contributed by atoms with E-state index in [4.69, 9.17) is 4.74 Å². The molecule has 2 aromatic carbocycles. The predicted molar refractivity (Wildman–Crippen MR) is 110 cm³/mol. The fraction of sp³-hybridized carbons (Fsp3) is 0.304. The molecule has 0 spiro atoms. The average molecular weight is 376 g/mol. The van der Waals surface area contributed by atoms with E-state index in [1.165, 1.54) is 5.56 Å². The summed E-state index contributed by atoms with van der Waals surface area (Å²) in [5.41, 5.74) is 5.44. The van der Waals surface area contributed by atoms with Gasteiger partial charge in [-0.1, -0.05) is 30.3 Å². The Morgan fingerprint density at radius 3 is 2.71 bits per heavy atom. The first-order valence-electron chi connectivity index (χ1n) is 9.60. The van der Waals surface area contributed by atoms with Crippen molar-refractivity contribution < 1.29 is 9.53 Å². The zero-order valence-electron chi connectivity index (χ0n) is 16.2. The Kier molecular flexibility index (Phi) is 5.01. The number of amides is 1. The summed E-state index contributed by atoms with van der Waals surface area (Å²) in [4.78, 5) is 25.1. The van der Waals surface area contributed by atoms with Crippen LogP contribution in [0.3, 0.4) is 0 Å². The van der Waals surface area contributed by atoms with Crippen molar-refractivity contribution in [1.29, 1.82) is 0 Å². The maximum absolute atomic E-state index is 13.2. The van der Waals surface area contributed by atoms with Crippen molar-refractivity contribution in [3.8, 4) is 11.3 Å². The third-order valence-electron chi connectivity index (χ3n) is 5.51. The van der Waals surface area contributed by atoms with Crippen molar-refractivity contribution in [2.45, 2.75) is 32.4 Å². The summed E-state index contributed by atoms with van der Waals surface area (Å²) in [6.07, 6.45) is 1.80. The van der Waals surface area contributed by atoms with Gasteiger partial charge in [0.2, 0.25) is 5.91 Å². The molecular weight excluding hydrogens is 352 g/mol. The number of rotatable bonds is 5. The number of pyridine rings is 1. The molecule has 2 heterocycles. The van der Waals surface area contributed by atoms with E-state index in [1.54, 1.807) is 14.2 Å². The number of nitrogens with one attached hydrogen (secondary N) is 1. The van der Waals surface area contributed by atoms with E-state index in [1.807, 2.05) is 28.8 Å². The van der Waals surface area contributed by atoms with Gasteiger partial charge in [-0.15, -0.1) is 0 Å². The SMILES string of the molecule is CNC(=O)CCc1c2n(c(=O)c3ccccc13)CCc1ccc(COC)cc1-2. The van der Waals surface area contributed by atoms with Gasteiger partial charge in [-0.25, -0.2) is 0 Å². The van der Waals surface area contributed by atoms with Gasteiger partial charge in [0, 0.05) is 38.1 Å². The van der Waals surface area contributed by atoms with Crippen LogP contribution in [0.4, 0.5) is 0 Å². The Balaban J connectivity index is 1.99. The van der Waals surface area contributed by atoms with Crippen molar-refractivity contribution in [3.05, 3.63) is 69.5 Å². The summed E-state index contributed by atoms with van der Waals surface area (Å²) in [5.74, 6) is -0.00167.